The van der Waals surface area contributed by atoms with Gasteiger partial charge in [-0.1, -0.05) is 40.1 Å². The molecule has 0 atom stereocenters. The predicted molar refractivity (Wildman–Crippen MR) is 90.6 cm³/mol. The van der Waals surface area contributed by atoms with Gasteiger partial charge in [0.05, 0.1) is 5.60 Å². The van der Waals surface area contributed by atoms with Gasteiger partial charge in [0.25, 0.3) is 0 Å². The summed E-state index contributed by atoms with van der Waals surface area (Å²) in [7, 11) is 0. The quantitative estimate of drug-likeness (QED) is 0.628. The van der Waals surface area contributed by atoms with E-state index in [1.165, 1.54) is 6.07 Å². The number of hydrogen-bond acceptors (Lipinski definition) is 2. The smallest absolute Gasteiger partial charge is 0.327 e. The number of rotatable bonds is 6. The van der Waals surface area contributed by atoms with Crippen molar-refractivity contribution >= 4 is 18.1 Å². The molecule has 0 aromatic heterocycles. The van der Waals surface area contributed by atoms with Crippen molar-refractivity contribution in [1.29, 1.82) is 0 Å². The number of aryl methyl sites for hydroxylation is 1. The molecule has 0 radical (unpaired) electrons. The molecule has 0 spiro atoms. The Hall–Kier alpha value is -1.10. The summed E-state index contributed by atoms with van der Waals surface area (Å²) in [5.74, 6) is -1.42. The minimum Gasteiger partial charge on any atom is -0.426 e. The third-order valence-corrected chi connectivity index (χ3v) is 4.86. The lowest BCUT2D eigenvalue weighted by molar-refractivity contribution is -0.0169. The molecule has 0 aliphatic rings. The molecule has 0 fully saturated rings. The molecule has 1 aromatic carbocycles. The maximum Gasteiger partial charge on any atom is 0.327 e. The Balaban J connectivity index is 3.11. The Labute approximate surface area is 133 Å². The van der Waals surface area contributed by atoms with E-state index in [1.807, 2.05) is 13.8 Å². The molecule has 0 saturated carbocycles. The monoisotopic (exact) mass is 311 g/mol. The summed E-state index contributed by atoms with van der Waals surface area (Å²) in [6.07, 6.45) is 2.05. The van der Waals surface area contributed by atoms with E-state index in [-0.39, 0.29) is 5.41 Å². The molecule has 0 unspecified atom stereocenters. The third-order valence-electron chi connectivity index (χ3n) is 4.86. The lowest BCUT2D eigenvalue weighted by Crippen LogP contribution is -2.49. The highest BCUT2D eigenvalue weighted by atomic mass is 19.1. The van der Waals surface area contributed by atoms with Gasteiger partial charge in [-0.25, -0.2) is 8.78 Å². The number of benzene rings is 1. The Morgan fingerprint density at radius 3 is 2.23 bits per heavy atom. The topological polar surface area (TPSA) is 35.2 Å². The molecule has 22 heavy (non-hydrogen) atoms. The Kier molecular flexibility index (Phi) is 5.66. The predicted octanol–water partition coefficient (Wildman–Crippen LogP) is 4.31. The number of halogens is 2. The van der Waals surface area contributed by atoms with Crippen LogP contribution in [0.5, 0.6) is 0 Å². The highest BCUT2D eigenvalue weighted by Gasteiger charge is 2.39. The maximum absolute atomic E-state index is 14.3. The van der Waals surface area contributed by atoms with E-state index in [0.717, 1.165) is 12.8 Å². The Bertz CT molecular complexity index is 544. The van der Waals surface area contributed by atoms with Gasteiger partial charge >= 0.3 is 6.92 Å². The van der Waals surface area contributed by atoms with Crippen LogP contribution in [0.1, 0.15) is 53.0 Å². The highest BCUT2D eigenvalue weighted by Crippen LogP contribution is 2.38. The van der Waals surface area contributed by atoms with Gasteiger partial charge in [-0.2, -0.15) is 0 Å². The normalized spacial score (nSPS) is 12.6. The van der Waals surface area contributed by atoms with E-state index < -0.39 is 29.8 Å². The maximum atomic E-state index is 14.3. The summed E-state index contributed by atoms with van der Waals surface area (Å²) in [6, 6.07) is 1.48. The highest BCUT2D eigenvalue weighted by molar-refractivity contribution is 6.66. The Morgan fingerprint density at radius 1 is 1.18 bits per heavy atom. The zero-order valence-electron chi connectivity index (χ0n) is 14.8. The minimum atomic E-state index is -0.723. The van der Waals surface area contributed by atoms with Crippen molar-refractivity contribution in [2.75, 3.05) is 5.73 Å². The van der Waals surface area contributed by atoms with Crippen LogP contribution < -0.4 is 11.2 Å². The van der Waals surface area contributed by atoms with Crippen LogP contribution in [0.2, 0.25) is 6.82 Å². The van der Waals surface area contributed by atoms with Crippen molar-refractivity contribution in [3.05, 3.63) is 23.3 Å². The fourth-order valence-electron chi connectivity index (χ4n) is 2.71. The molecule has 0 saturated heterocycles. The van der Waals surface area contributed by atoms with Crippen LogP contribution in [0.15, 0.2) is 6.07 Å². The average molecular weight is 311 g/mol. The second-order valence-corrected chi connectivity index (χ2v) is 7.23. The van der Waals surface area contributed by atoms with Crippen LogP contribution in [0.3, 0.4) is 0 Å². The number of hydrogen-bond donors (Lipinski definition) is 1. The summed E-state index contributed by atoms with van der Waals surface area (Å²) in [6.45, 7) is 13.3. The van der Waals surface area contributed by atoms with Crippen LogP contribution >= 0.6 is 0 Å². The first kappa shape index (κ1) is 19.0. The second-order valence-electron chi connectivity index (χ2n) is 7.23. The van der Waals surface area contributed by atoms with E-state index in [2.05, 4.69) is 20.8 Å². The second kappa shape index (κ2) is 6.57. The lowest BCUT2D eigenvalue weighted by atomic mass is 9.60. The van der Waals surface area contributed by atoms with Crippen LogP contribution in [-0.4, -0.2) is 12.5 Å². The first-order valence-corrected chi connectivity index (χ1v) is 7.86. The minimum absolute atomic E-state index is 0.0624. The SMILES string of the molecule is CCCC(C)(C)C(C)(C)OB(C)c1cc(C)c(F)c(N)c1F. The lowest BCUT2D eigenvalue weighted by Gasteiger charge is -2.43. The summed E-state index contributed by atoms with van der Waals surface area (Å²) in [5, 5.41) is 0. The first-order valence-electron chi connectivity index (χ1n) is 7.86. The molecule has 0 amide bonds. The molecular formula is C17H28BF2NO. The molecule has 124 valence electrons. The van der Waals surface area contributed by atoms with Crippen LogP contribution in [0.4, 0.5) is 14.5 Å². The van der Waals surface area contributed by atoms with Gasteiger partial charge in [-0.3, -0.25) is 0 Å². The molecule has 0 heterocycles. The Morgan fingerprint density at radius 2 is 1.73 bits per heavy atom. The van der Waals surface area contributed by atoms with Gasteiger partial charge in [-0.15, -0.1) is 0 Å². The van der Waals surface area contributed by atoms with Gasteiger partial charge in [-0.05, 0) is 43.6 Å². The first-order chi connectivity index (χ1) is 9.94. The summed E-state index contributed by atoms with van der Waals surface area (Å²) in [4.78, 5) is 0. The summed E-state index contributed by atoms with van der Waals surface area (Å²) < 4.78 is 34.1. The van der Waals surface area contributed by atoms with Gasteiger partial charge in [0.1, 0.15) is 11.5 Å². The molecule has 1 rings (SSSR count). The number of nitrogen functional groups attached to an aromatic ring is 1. The number of nitrogens with two attached hydrogens (primary N) is 1. The van der Waals surface area contributed by atoms with E-state index >= 15 is 0 Å². The standard InChI is InChI=1S/C17H28BF2NO/c1-8-9-16(3,4)17(5,6)22-18(7)12-10-11(2)13(19)15(21)14(12)20/h10H,8-9,21H2,1-7H3. The molecule has 5 heteroatoms. The molecule has 2 N–H and O–H groups in total. The average Bonchev–Trinajstić information content (AvgIpc) is 2.39. The molecule has 2 nitrogen and oxygen atoms in total. The zero-order chi connectivity index (χ0) is 17.3. The molecule has 0 bridgehead atoms. The van der Waals surface area contributed by atoms with E-state index in [0.29, 0.717) is 11.0 Å². The summed E-state index contributed by atoms with van der Waals surface area (Å²) >= 11 is 0. The largest absolute Gasteiger partial charge is 0.426 e. The molecule has 0 aliphatic heterocycles. The fraction of sp³-hybridized carbons (Fsp3) is 0.647. The zero-order valence-corrected chi connectivity index (χ0v) is 14.8. The van der Waals surface area contributed by atoms with Gasteiger partial charge < -0.3 is 10.4 Å². The van der Waals surface area contributed by atoms with Crippen LogP contribution in [0.25, 0.3) is 0 Å². The third kappa shape index (κ3) is 3.62. The van der Waals surface area contributed by atoms with Crippen molar-refractivity contribution in [2.45, 2.75) is 66.8 Å². The van der Waals surface area contributed by atoms with Crippen molar-refractivity contribution in [3.63, 3.8) is 0 Å². The van der Waals surface area contributed by atoms with Gasteiger partial charge in [0, 0.05) is 0 Å². The van der Waals surface area contributed by atoms with Crippen LogP contribution in [-0.2, 0) is 4.65 Å². The van der Waals surface area contributed by atoms with Crippen molar-refractivity contribution in [2.24, 2.45) is 5.41 Å². The van der Waals surface area contributed by atoms with E-state index in [1.54, 1.807) is 13.7 Å². The molecule has 1 aromatic rings. The molecular weight excluding hydrogens is 283 g/mol. The molecule has 0 aliphatic carbocycles. The van der Waals surface area contributed by atoms with E-state index in [4.69, 9.17) is 10.4 Å². The fourth-order valence-corrected chi connectivity index (χ4v) is 2.71. The van der Waals surface area contributed by atoms with Crippen molar-refractivity contribution in [1.82, 2.24) is 0 Å². The van der Waals surface area contributed by atoms with E-state index in [9.17, 15) is 8.78 Å². The van der Waals surface area contributed by atoms with Crippen molar-refractivity contribution < 1.29 is 13.4 Å². The number of anilines is 1. The van der Waals surface area contributed by atoms with Crippen LogP contribution in [0, 0.1) is 24.0 Å². The summed E-state index contributed by atoms with van der Waals surface area (Å²) in [5.41, 5.74) is 5.20. The van der Waals surface area contributed by atoms with Crippen molar-refractivity contribution in [3.8, 4) is 0 Å². The van der Waals surface area contributed by atoms with Gasteiger partial charge in [0.2, 0.25) is 0 Å². The van der Waals surface area contributed by atoms with Gasteiger partial charge in [0.15, 0.2) is 5.82 Å².